The minimum absolute atomic E-state index is 0.0558. The van der Waals surface area contributed by atoms with Gasteiger partial charge in [0.25, 0.3) is 0 Å². The van der Waals surface area contributed by atoms with Crippen LogP contribution in [0.25, 0.3) is 0 Å². The van der Waals surface area contributed by atoms with Crippen molar-refractivity contribution in [2.75, 3.05) is 13.2 Å². The van der Waals surface area contributed by atoms with Crippen molar-refractivity contribution in [2.45, 2.75) is 348 Å². The Morgan fingerprint density at radius 2 is 0.843 bits per heavy atom. The van der Waals surface area contributed by atoms with Crippen LogP contribution in [0.3, 0.4) is 0 Å². The van der Waals surface area contributed by atoms with Crippen LogP contribution >= 0.6 is 0 Å². The summed E-state index contributed by atoms with van der Waals surface area (Å²) < 4.78 is 67.3. The predicted molar refractivity (Wildman–Crippen MR) is 325 cm³/mol. The van der Waals surface area contributed by atoms with E-state index in [4.69, 9.17) is 23.7 Å². The molecule has 18 atom stereocenters. The highest BCUT2D eigenvalue weighted by Gasteiger charge is 2.55. The molecule has 0 bridgehead atoms. The first-order chi connectivity index (χ1) is 39.5. The summed E-state index contributed by atoms with van der Waals surface area (Å²) in [5.41, 5.74) is 0. The van der Waals surface area contributed by atoms with Crippen LogP contribution in [0.1, 0.15) is 281 Å². The van der Waals surface area contributed by atoms with Crippen molar-refractivity contribution < 1.29 is 81.1 Å². The van der Waals surface area contributed by atoms with Crippen LogP contribution in [0.5, 0.6) is 0 Å². The molecule has 0 radical (unpaired) electrons. The average molecular weight is 1210 g/mol. The van der Waals surface area contributed by atoms with Crippen LogP contribution in [0.4, 0.5) is 0 Å². The number of carbonyl (C=O) groups excluding carboxylic acids is 2. The summed E-state index contributed by atoms with van der Waals surface area (Å²) in [5, 5.41) is 64.3. The third-order valence-electron chi connectivity index (χ3n) is 17.5. The zero-order valence-corrected chi connectivity index (χ0v) is 54.3. The predicted octanol–water partition coefficient (Wildman–Crippen LogP) is 12.6. The van der Waals surface area contributed by atoms with Crippen molar-refractivity contribution in [1.82, 2.24) is 0 Å². The number of aliphatic hydroxyl groups is 6. The van der Waals surface area contributed by atoms with Crippen molar-refractivity contribution in [3.63, 3.8) is 0 Å². The van der Waals surface area contributed by atoms with Gasteiger partial charge >= 0.3 is 22.3 Å². The quantitative estimate of drug-likeness (QED) is 0.0170. The monoisotopic (exact) mass is 1210 g/mol. The molecule has 492 valence electrons. The van der Waals surface area contributed by atoms with Gasteiger partial charge in [0.1, 0.15) is 30.5 Å². The first kappa shape index (κ1) is 77.5. The molecule has 0 aromatic heterocycles. The van der Waals surface area contributed by atoms with E-state index in [0.29, 0.717) is 36.5 Å². The second-order valence-electron chi connectivity index (χ2n) is 26.3. The maximum Gasteiger partial charge on any atom is 0.397 e. The lowest BCUT2D eigenvalue weighted by Crippen LogP contribution is -2.65. The highest BCUT2D eigenvalue weighted by Crippen LogP contribution is 2.35. The van der Waals surface area contributed by atoms with E-state index in [0.717, 1.165) is 77.0 Å². The number of hydrogen-bond acceptors (Lipinski definition) is 16. The summed E-state index contributed by atoms with van der Waals surface area (Å²) in [7, 11) is -5.32. The maximum absolute atomic E-state index is 14.1. The van der Waals surface area contributed by atoms with Crippen LogP contribution in [-0.2, 0) is 47.9 Å². The van der Waals surface area contributed by atoms with E-state index in [-0.39, 0.29) is 24.4 Å². The van der Waals surface area contributed by atoms with Crippen LogP contribution in [0.2, 0.25) is 0 Å². The molecule has 2 saturated heterocycles. The third kappa shape index (κ3) is 33.6. The fourth-order valence-electron chi connectivity index (χ4n) is 13.1. The van der Waals surface area contributed by atoms with E-state index in [1.165, 1.54) is 122 Å². The Labute approximate surface area is 504 Å². The van der Waals surface area contributed by atoms with Gasteiger partial charge in [0.2, 0.25) is 6.29 Å². The Morgan fingerprint density at radius 3 is 1.27 bits per heavy atom. The van der Waals surface area contributed by atoms with Gasteiger partial charge in [0.15, 0.2) is 24.6 Å². The molecule has 0 aromatic rings. The SMILES string of the molecule is CCCCCCCCCCCCCCCC(=O)O[C@@H]1C(OC(=O)[C@@H](C)C[C@@H](C)C[C@@H](C)C[C@@H](C)C[C@@H](C)C[C@@H](C)C[C@@H](C)C(O)CCCCCCCCCCCCCCC)[C@H](O)C(CO)O[C@@H]1O[C@H]1OC(CO)[C@@H](O)C(O)[C@@H]1OS(=O)(=O)O. The molecule has 0 spiro atoms. The van der Waals surface area contributed by atoms with Crippen molar-refractivity contribution in [3.8, 4) is 0 Å². The number of hydrogen-bond donors (Lipinski definition) is 7. The molecule has 2 aliphatic rings. The fraction of sp³-hybridized carbons (Fsp3) is 0.969. The molecule has 7 N–H and O–H groups in total. The second-order valence-corrected chi connectivity index (χ2v) is 27.4. The van der Waals surface area contributed by atoms with Crippen LogP contribution in [0.15, 0.2) is 0 Å². The number of esters is 2. The van der Waals surface area contributed by atoms with Gasteiger partial charge in [-0.2, -0.15) is 8.42 Å². The molecule has 0 saturated carbocycles. The lowest BCUT2D eigenvalue weighted by molar-refractivity contribution is -0.374. The molecule has 83 heavy (non-hydrogen) atoms. The maximum atomic E-state index is 14.1. The number of rotatable bonds is 50. The first-order valence-electron chi connectivity index (χ1n) is 33.5. The van der Waals surface area contributed by atoms with Gasteiger partial charge in [0.05, 0.1) is 25.2 Å². The summed E-state index contributed by atoms with van der Waals surface area (Å²) in [6, 6.07) is 0. The lowest BCUT2D eigenvalue weighted by Gasteiger charge is -2.46. The van der Waals surface area contributed by atoms with E-state index in [2.05, 4.69) is 59.6 Å². The summed E-state index contributed by atoms with van der Waals surface area (Å²) in [4.78, 5) is 27.7. The van der Waals surface area contributed by atoms with E-state index in [1.54, 1.807) is 6.92 Å². The topological polar surface area (TPSA) is 265 Å². The van der Waals surface area contributed by atoms with Gasteiger partial charge < -0.3 is 54.3 Å². The molecule has 18 heteroatoms. The molecule has 2 heterocycles. The molecule has 2 aliphatic heterocycles. The van der Waals surface area contributed by atoms with Gasteiger partial charge in [-0.1, -0.05) is 223 Å². The first-order valence-corrected chi connectivity index (χ1v) is 34.9. The number of unbranched alkanes of at least 4 members (excludes halogenated alkanes) is 24. The Bertz CT molecular complexity index is 1740. The zero-order chi connectivity index (χ0) is 61.7. The summed E-state index contributed by atoms with van der Waals surface area (Å²) in [6.45, 7) is 18.0. The van der Waals surface area contributed by atoms with Crippen LogP contribution < -0.4 is 0 Å². The number of carbonyl (C=O) groups is 2. The van der Waals surface area contributed by atoms with Crippen molar-refractivity contribution in [3.05, 3.63) is 0 Å². The third-order valence-corrected chi connectivity index (χ3v) is 18.0. The van der Waals surface area contributed by atoms with Crippen LogP contribution in [0, 0.1) is 41.4 Å². The zero-order valence-electron chi connectivity index (χ0n) is 53.5. The van der Waals surface area contributed by atoms with E-state index >= 15 is 0 Å². The van der Waals surface area contributed by atoms with Crippen molar-refractivity contribution >= 4 is 22.3 Å². The highest BCUT2D eigenvalue weighted by atomic mass is 32.3. The highest BCUT2D eigenvalue weighted by molar-refractivity contribution is 7.80. The van der Waals surface area contributed by atoms with Gasteiger partial charge in [-0.15, -0.1) is 0 Å². The average Bonchev–Trinajstić information content (AvgIpc) is 3.32. The smallest absolute Gasteiger partial charge is 0.397 e. The molecular formula is C65H124O17S. The molecule has 0 aliphatic carbocycles. The number of aliphatic hydroxyl groups excluding tert-OH is 6. The molecule has 0 amide bonds. The van der Waals surface area contributed by atoms with Crippen molar-refractivity contribution in [1.29, 1.82) is 0 Å². The molecule has 0 aromatic carbocycles. The molecule has 17 nitrogen and oxygen atoms in total. The summed E-state index contributed by atoms with van der Waals surface area (Å²) >= 11 is 0. The van der Waals surface area contributed by atoms with E-state index in [9.17, 15) is 53.2 Å². The molecular weight excluding hydrogens is 1080 g/mol. The molecule has 2 fully saturated rings. The Hall–Kier alpha value is -1.55. The lowest BCUT2D eigenvalue weighted by atomic mass is 9.80. The van der Waals surface area contributed by atoms with E-state index < -0.39 is 103 Å². The van der Waals surface area contributed by atoms with Gasteiger partial charge in [-0.05, 0) is 86.9 Å². The molecule has 2 rings (SSSR count). The van der Waals surface area contributed by atoms with Crippen molar-refractivity contribution in [2.24, 2.45) is 41.4 Å². The number of ether oxygens (including phenoxy) is 5. The minimum Gasteiger partial charge on any atom is -0.455 e. The van der Waals surface area contributed by atoms with E-state index in [1.807, 2.05) is 0 Å². The summed E-state index contributed by atoms with van der Waals surface area (Å²) in [6.07, 6.45) is 19.2. The van der Waals surface area contributed by atoms with Gasteiger partial charge in [0, 0.05) is 6.42 Å². The second kappa shape index (κ2) is 44.8. The van der Waals surface area contributed by atoms with Crippen LogP contribution in [-0.4, -0.2) is 136 Å². The van der Waals surface area contributed by atoms with Gasteiger partial charge in [-0.25, -0.2) is 4.18 Å². The standard InChI is InChI=1S/C65H124O17S/c1-10-12-14-16-18-20-22-24-26-28-30-32-34-36-53(68)51(8)42-49(6)40-47(4)38-46(3)39-48(5)41-50(7)43-52(9)63(73)80-60-58(71)55(45-67)78-65(81-64-61(82-83(74,75)76)59(72)57(70)54(44-66)77-64)62(60)79-56(69)37-35-33-31-29-27-25-23-21-19-17-15-13-11-2/h46-55,57-62,64-68,70-72H,10-45H2,1-9H3,(H,74,75,76)/t46-,47+,48-,49+,50-,51+,52-,53?,54?,55?,57+,58+,59?,60?,61-,62+,64+,65+/m0/s1. The Morgan fingerprint density at radius 1 is 0.470 bits per heavy atom. The summed E-state index contributed by atoms with van der Waals surface area (Å²) in [5.74, 6) is 0.146. The normalized spacial score (nSPS) is 26.2. The molecule has 5 unspecified atom stereocenters. The minimum atomic E-state index is -5.32. The largest absolute Gasteiger partial charge is 0.455 e. The Kier molecular flexibility index (Phi) is 41.9. The van der Waals surface area contributed by atoms with Gasteiger partial charge in [-0.3, -0.25) is 14.1 Å². The Balaban J connectivity index is 1.99. The fourth-order valence-corrected chi connectivity index (χ4v) is 13.6.